The van der Waals surface area contributed by atoms with Crippen molar-refractivity contribution in [3.05, 3.63) is 54.6 Å². The van der Waals surface area contributed by atoms with Gasteiger partial charge in [0.05, 0.1) is 12.3 Å². The molecule has 0 spiro atoms. The molecule has 1 saturated heterocycles. The molecule has 2 atom stereocenters. The molecule has 0 aromatic heterocycles. The molecule has 0 bridgehead atoms. The maximum absolute atomic E-state index is 10.9. The summed E-state index contributed by atoms with van der Waals surface area (Å²) in [6.45, 7) is 2.29. The van der Waals surface area contributed by atoms with Crippen LogP contribution in [0.2, 0.25) is 0 Å². The Hall–Kier alpha value is -1.73. The number of anilines is 2. The van der Waals surface area contributed by atoms with Crippen molar-refractivity contribution in [1.82, 2.24) is 0 Å². The van der Waals surface area contributed by atoms with Crippen molar-refractivity contribution in [1.29, 1.82) is 0 Å². The topological polar surface area (TPSA) is 65.5 Å². The lowest BCUT2D eigenvalue weighted by molar-refractivity contribution is 0.152. The average molecular weight is 319 g/mol. The number of epoxide rings is 1. The lowest BCUT2D eigenvalue weighted by Gasteiger charge is -2.52. The van der Waals surface area contributed by atoms with Gasteiger partial charge in [-0.3, -0.25) is 9.11 Å². The molecule has 2 heterocycles. The third-order valence-corrected chi connectivity index (χ3v) is 6.08. The van der Waals surface area contributed by atoms with E-state index in [4.69, 9.17) is 9.47 Å². The number of hydrogen-bond acceptors (Lipinski definition) is 5. The Kier molecular flexibility index (Phi) is 2.93. The van der Waals surface area contributed by atoms with E-state index < -0.39 is 21.8 Å². The Morgan fingerprint density at radius 2 is 1.73 bits per heavy atom. The molecule has 2 aliphatic rings. The van der Waals surface area contributed by atoms with Gasteiger partial charge >= 0.3 is 0 Å². The Balaban J connectivity index is 1.89. The molecule has 116 valence electrons. The maximum atomic E-state index is 10.9. The first-order chi connectivity index (χ1) is 10.5. The van der Waals surface area contributed by atoms with Crippen molar-refractivity contribution in [2.45, 2.75) is 18.0 Å². The standard InChI is InChI=1S/C16H17NO4S/c1-16(11-20-16)15-21-14-10-6-5-9-13(14)17(22(15,18)19)12-7-3-2-4-8-12/h2-10,15,18-19H,11H2,1H3. The first-order valence-corrected chi connectivity index (χ1v) is 8.61. The monoisotopic (exact) mass is 319 g/mol. The van der Waals surface area contributed by atoms with Crippen molar-refractivity contribution in [2.24, 2.45) is 0 Å². The first kappa shape index (κ1) is 13.9. The van der Waals surface area contributed by atoms with E-state index in [2.05, 4.69) is 0 Å². The van der Waals surface area contributed by atoms with E-state index in [0.29, 0.717) is 23.7 Å². The molecule has 2 aromatic rings. The third-order valence-electron chi connectivity index (χ3n) is 3.96. The van der Waals surface area contributed by atoms with Gasteiger partial charge in [0.15, 0.2) is 0 Å². The number of fused-ring (bicyclic) bond motifs is 1. The molecule has 0 amide bonds. The summed E-state index contributed by atoms with van der Waals surface area (Å²) < 4.78 is 34.7. The molecule has 22 heavy (non-hydrogen) atoms. The summed E-state index contributed by atoms with van der Waals surface area (Å²) in [7, 11) is -3.24. The van der Waals surface area contributed by atoms with Gasteiger partial charge in [-0.1, -0.05) is 41.1 Å². The summed E-state index contributed by atoms with van der Waals surface area (Å²) >= 11 is 0. The second kappa shape index (κ2) is 4.63. The van der Waals surface area contributed by atoms with Crippen LogP contribution in [0.25, 0.3) is 0 Å². The van der Waals surface area contributed by atoms with Crippen molar-refractivity contribution in [3.63, 3.8) is 0 Å². The molecular weight excluding hydrogens is 302 g/mol. The van der Waals surface area contributed by atoms with Crippen LogP contribution in [0.15, 0.2) is 54.6 Å². The van der Waals surface area contributed by atoms with E-state index in [1.54, 1.807) is 4.31 Å². The van der Waals surface area contributed by atoms with E-state index in [1.165, 1.54) is 0 Å². The highest BCUT2D eigenvalue weighted by atomic mass is 32.3. The Morgan fingerprint density at radius 3 is 2.41 bits per heavy atom. The number of para-hydroxylation sites is 3. The van der Waals surface area contributed by atoms with E-state index in [0.717, 1.165) is 0 Å². The van der Waals surface area contributed by atoms with Crippen molar-refractivity contribution in [3.8, 4) is 5.75 Å². The second-order valence-corrected chi connectivity index (χ2v) is 7.63. The molecule has 0 radical (unpaired) electrons. The van der Waals surface area contributed by atoms with Crippen LogP contribution < -0.4 is 9.04 Å². The highest BCUT2D eigenvalue weighted by molar-refractivity contribution is 8.26. The Labute approximate surface area is 130 Å². The molecule has 1 fully saturated rings. The Bertz CT molecular complexity index is 702. The van der Waals surface area contributed by atoms with E-state index in [9.17, 15) is 9.11 Å². The van der Waals surface area contributed by atoms with Crippen LogP contribution in [0.1, 0.15) is 6.92 Å². The molecule has 2 N–H and O–H groups in total. The van der Waals surface area contributed by atoms with Crippen LogP contribution in [-0.2, 0) is 4.74 Å². The molecule has 4 rings (SSSR count). The zero-order chi connectivity index (χ0) is 15.4. The van der Waals surface area contributed by atoms with Gasteiger partial charge in [0, 0.05) is 0 Å². The molecule has 2 unspecified atom stereocenters. The largest absolute Gasteiger partial charge is 0.463 e. The van der Waals surface area contributed by atoms with Crippen molar-refractivity contribution in [2.75, 3.05) is 10.9 Å². The van der Waals surface area contributed by atoms with Crippen LogP contribution in [0.3, 0.4) is 0 Å². The van der Waals surface area contributed by atoms with Gasteiger partial charge in [0.2, 0.25) is 5.44 Å². The van der Waals surface area contributed by atoms with E-state index >= 15 is 0 Å². The first-order valence-electron chi connectivity index (χ1n) is 7.04. The molecule has 6 heteroatoms. The minimum atomic E-state index is -3.24. The quantitative estimate of drug-likeness (QED) is 0.819. The molecule has 5 nitrogen and oxygen atoms in total. The minimum absolute atomic E-state index is 0.457. The summed E-state index contributed by atoms with van der Waals surface area (Å²) in [6.07, 6.45) is 0. The predicted molar refractivity (Wildman–Crippen MR) is 86.6 cm³/mol. The van der Waals surface area contributed by atoms with E-state index in [1.807, 2.05) is 61.5 Å². The molecule has 0 saturated carbocycles. The van der Waals surface area contributed by atoms with Gasteiger partial charge < -0.3 is 9.47 Å². The molecule has 2 aromatic carbocycles. The predicted octanol–water partition coefficient (Wildman–Crippen LogP) is 4.00. The summed E-state index contributed by atoms with van der Waals surface area (Å²) in [4.78, 5) is 0. The van der Waals surface area contributed by atoms with E-state index in [-0.39, 0.29) is 0 Å². The maximum Gasteiger partial charge on any atom is 0.237 e. The fourth-order valence-electron chi connectivity index (χ4n) is 2.71. The average Bonchev–Trinajstić information content (AvgIpc) is 3.25. The van der Waals surface area contributed by atoms with Crippen LogP contribution in [0.4, 0.5) is 11.4 Å². The number of benzene rings is 2. The van der Waals surface area contributed by atoms with Crippen LogP contribution in [0, 0.1) is 0 Å². The van der Waals surface area contributed by atoms with Crippen molar-refractivity contribution < 1.29 is 18.6 Å². The summed E-state index contributed by atoms with van der Waals surface area (Å²) in [5.74, 6) is 0.624. The number of hydrogen-bond donors (Lipinski definition) is 2. The van der Waals surface area contributed by atoms with Gasteiger partial charge in [0.1, 0.15) is 17.0 Å². The van der Waals surface area contributed by atoms with Crippen LogP contribution in [-0.4, -0.2) is 26.7 Å². The van der Waals surface area contributed by atoms with Gasteiger partial charge in [-0.2, -0.15) is 0 Å². The van der Waals surface area contributed by atoms with Gasteiger partial charge in [0.25, 0.3) is 0 Å². The zero-order valence-electron chi connectivity index (χ0n) is 12.0. The second-order valence-electron chi connectivity index (χ2n) is 5.71. The molecule has 0 aliphatic carbocycles. The van der Waals surface area contributed by atoms with Crippen LogP contribution >= 0.6 is 10.8 Å². The summed E-state index contributed by atoms with van der Waals surface area (Å²) in [6, 6.07) is 16.7. The number of nitrogens with zero attached hydrogens (tertiary/aromatic N) is 1. The van der Waals surface area contributed by atoms with Crippen LogP contribution in [0.5, 0.6) is 5.75 Å². The van der Waals surface area contributed by atoms with Gasteiger partial charge in [-0.15, -0.1) is 0 Å². The van der Waals surface area contributed by atoms with Gasteiger partial charge in [-0.25, -0.2) is 4.31 Å². The molecule has 2 aliphatic heterocycles. The fraction of sp³-hybridized carbons (Fsp3) is 0.250. The Morgan fingerprint density at radius 1 is 1.09 bits per heavy atom. The van der Waals surface area contributed by atoms with Crippen molar-refractivity contribution >= 4 is 22.2 Å². The zero-order valence-corrected chi connectivity index (χ0v) is 12.9. The minimum Gasteiger partial charge on any atom is -0.463 e. The highest BCUT2D eigenvalue weighted by Crippen LogP contribution is 2.64. The normalized spacial score (nSPS) is 30.1. The smallest absolute Gasteiger partial charge is 0.237 e. The van der Waals surface area contributed by atoms with Gasteiger partial charge in [-0.05, 0) is 31.2 Å². The number of ether oxygens (including phenoxy) is 2. The lowest BCUT2D eigenvalue weighted by atomic mass is 10.2. The third kappa shape index (κ3) is 1.99. The number of rotatable bonds is 2. The summed E-state index contributed by atoms with van der Waals surface area (Å²) in [5.41, 5.74) is -0.129. The SMILES string of the molecule is CC1(C2Oc3ccccc3N(c3ccccc3)S2(O)O)CO1. The highest BCUT2D eigenvalue weighted by Gasteiger charge is 2.59. The lowest BCUT2D eigenvalue weighted by Crippen LogP contribution is -2.46. The summed E-state index contributed by atoms with van der Waals surface area (Å²) in [5, 5.41) is 0. The molecular formula is C16H17NO4S. The fourth-order valence-corrected chi connectivity index (χ4v) is 4.81.